The molecule has 6 nitrogen and oxygen atoms in total. The van der Waals surface area contributed by atoms with Crippen molar-refractivity contribution in [3.05, 3.63) is 47.8 Å². The minimum atomic E-state index is -0.153. The number of anilines is 1. The van der Waals surface area contributed by atoms with Crippen molar-refractivity contribution < 1.29 is 9.59 Å². The normalized spacial score (nSPS) is 17.8. The van der Waals surface area contributed by atoms with Gasteiger partial charge in [-0.15, -0.1) is 0 Å². The molecule has 2 N–H and O–H groups in total. The zero-order valence-corrected chi connectivity index (χ0v) is 12.4. The summed E-state index contributed by atoms with van der Waals surface area (Å²) < 4.78 is 0. The summed E-state index contributed by atoms with van der Waals surface area (Å²) in [4.78, 5) is 25.8. The van der Waals surface area contributed by atoms with Crippen LogP contribution in [0.4, 0.5) is 5.69 Å². The van der Waals surface area contributed by atoms with E-state index in [-0.39, 0.29) is 24.3 Å². The van der Waals surface area contributed by atoms with E-state index in [0.717, 1.165) is 11.4 Å². The number of nitrogens with one attached hydrogen (secondary N) is 2. The SMILES string of the molecule is Cc1cc(CC(=O)N[C@H]2CC(=O)N(c3ccccc3)C2)n[nH]1. The van der Waals surface area contributed by atoms with Gasteiger partial charge in [-0.25, -0.2) is 0 Å². The maximum atomic E-state index is 12.1. The minimum absolute atomic E-state index is 0.0344. The number of benzene rings is 1. The first-order chi connectivity index (χ1) is 10.6. The maximum Gasteiger partial charge on any atom is 0.229 e. The highest BCUT2D eigenvalue weighted by Gasteiger charge is 2.31. The summed E-state index contributed by atoms with van der Waals surface area (Å²) in [5.74, 6) is -0.0775. The van der Waals surface area contributed by atoms with Gasteiger partial charge in [-0.1, -0.05) is 18.2 Å². The van der Waals surface area contributed by atoms with Gasteiger partial charge in [0.1, 0.15) is 0 Å². The van der Waals surface area contributed by atoms with Crippen molar-refractivity contribution >= 4 is 17.5 Å². The first kappa shape index (κ1) is 14.3. The van der Waals surface area contributed by atoms with Crippen LogP contribution in [-0.4, -0.2) is 34.6 Å². The zero-order valence-electron chi connectivity index (χ0n) is 12.4. The van der Waals surface area contributed by atoms with Crippen molar-refractivity contribution in [2.24, 2.45) is 0 Å². The minimum Gasteiger partial charge on any atom is -0.351 e. The van der Waals surface area contributed by atoms with Gasteiger partial charge in [0.25, 0.3) is 0 Å². The number of aromatic amines is 1. The van der Waals surface area contributed by atoms with Gasteiger partial charge in [0.05, 0.1) is 18.2 Å². The van der Waals surface area contributed by atoms with E-state index in [1.165, 1.54) is 0 Å². The molecule has 1 fully saturated rings. The topological polar surface area (TPSA) is 78.1 Å². The molecule has 3 rings (SSSR count). The lowest BCUT2D eigenvalue weighted by Gasteiger charge is -2.17. The van der Waals surface area contributed by atoms with Crippen LogP contribution < -0.4 is 10.2 Å². The standard InChI is InChI=1S/C16H18N4O2/c1-11-7-12(19-18-11)8-15(21)17-13-9-16(22)20(10-13)14-5-3-2-4-6-14/h2-7,13H,8-10H2,1H3,(H,17,21)(H,18,19)/t13-/m0/s1. The number of para-hydroxylation sites is 1. The molecule has 1 atom stereocenters. The van der Waals surface area contributed by atoms with E-state index < -0.39 is 0 Å². The molecule has 2 amide bonds. The number of hydrogen-bond acceptors (Lipinski definition) is 3. The monoisotopic (exact) mass is 298 g/mol. The van der Waals surface area contributed by atoms with Gasteiger partial charge in [0, 0.05) is 24.3 Å². The van der Waals surface area contributed by atoms with E-state index in [0.29, 0.717) is 18.7 Å². The Morgan fingerprint density at radius 2 is 2.18 bits per heavy atom. The first-order valence-corrected chi connectivity index (χ1v) is 7.27. The number of hydrogen-bond donors (Lipinski definition) is 2. The Labute approximate surface area is 128 Å². The Balaban J connectivity index is 1.58. The number of H-pyrrole nitrogens is 1. The number of amides is 2. The number of carbonyl (C=O) groups excluding carboxylic acids is 2. The summed E-state index contributed by atoms with van der Waals surface area (Å²) in [5.41, 5.74) is 2.50. The second-order valence-electron chi connectivity index (χ2n) is 5.53. The third-order valence-corrected chi connectivity index (χ3v) is 3.66. The molecule has 1 aromatic heterocycles. The summed E-state index contributed by atoms with van der Waals surface area (Å²) in [5, 5.41) is 9.77. The molecule has 22 heavy (non-hydrogen) atoms. The lowest BCUT2D eigenvalue weighted by atomic mass is 10.2. The average molecular weight is 298 g/mol. The lowest BCUT2D eigenvalue weighted by molar-refractivity contribution is -0.121. The Bertz CT molecular complexity index is 680. The third kappa shape index (κ3) is 3.16. The predicted molar refractivity (Wildman–Crippen MR) is 82.4 cm³/mol. The number of aryl methyl sites for hydroxylation is 1. The van der Waals surface area contributed by atoms with Crippen LogP contribution >= 0.6 is 0 Å². The van der Waals surface area contributed by atoms with Crippen LogP contribution in [0.5, 0.6) is 0 Å². The van der Waals surface area contributed by atoms with Crippen LogP contribution in [0.2, 0.25) is 0 Å². The summed E-state index contributed by atoms with van der Waals surface area (Å²) in [7, 11) is 0. The van der Waals surface area contributed by atoms with Crippen molar-refractivity contribution in [1.82, 2.24) is 15.5 Å². The molecule has 0 spiro atoms. The molecule has 0 bridgehead atoms. The number of rotatable bonds is 4. The average Bonchev–Trinajstić information content (AvgIpc) is 3.05. The molecule has 0 aliphatic carbocycles. The van der Waals surface area contributed by atoms with Crippen molar-refractivity contribution in [3.8, 4) is 0 Å². The van der Waals surface area contributed by atoms with Gasteiger partial charge in [0.2, 0.25) is 11.8 Å². The van der Waals surface area contributed by atoms with Gasteiger partial charge in [-0.3, -0.25) is 14.7 Å². The second kappa shape index (κ2) is 6.01. The first-order valence-electron chi connectivity index (χ1n) is 7.27. The Kier molecular flexibility index (Phi) is 3.91. The number of carbonyl (C=O) groups is 2. The summed E-state index contributed by atoms with van der Waals surface area (Å²) in [6.07, 6.45) is 0.556. The van der Waals surface area contributed by atoms with Crippen molar-refractivity contribution in [2.75, 3.05) is 11.4 Å². The quantitative estimate of drug-likeness (QED) is 0.890. The molecule has 0 unspecified atom stereocenters. The van der Waals surface area contributed by atoms with Crippen LogP contribution in [0.3, 0.4) is 0 Å². The zero-order chi connectivity index (χ0) is 15.5. The fourth-order valence-corrected chi connectivity index (χ4v) is 2.67. The van der Waals surface area contributed by atoms with Crippen LogP contribution in [0, 0.1) is 6.92 Å². The fourth-order valence-electron chi connectivity index (χ4n) is 2.67. The van der Waals surface area contributed by atoms with Crippen LogP contribution in [0.1, 0.15) is 17.8 Å². The number of aromatic nitrogens is 2. The Morgan fingerprint density at radius 3 is 2.86 bits per heavy atom. The van der Waals surface area contributed by atoms with Gasteiger partial charge in [-0.05, 0) is 25.1 Å². The van der Waals surface area contributed by atoms with E-state index in [4.69, 9.17) is 0 Å². The highest BCUT2D eigenvalue weighted by molar-refractivity contribution is 5.96. The van der Waals surface area contributed by atoms with Crippen molar-refractivity contribution in [2.45, 2.75) is 25.8 Å². The van der Waals surface area contributed by atoms with E-state index >= 15 is 0 Å². The lowest BCUT2D eigenvalue weighted by Crippen LogP contribution is -2.38. The molecule has 114 valence electrons. The third-order valence-electron chi connectivity index (χ3n) is 3.66. The van der Waals surface area contributed by atoms with Crippen molar-refractivity contribution in [3.63, 3.8) is 0 Å². The van der Waals surface area contributed by atoms with E-state index in [1.54, 1.807) is 4.90 Å². The largest absolute Gasteiger partial charge is 0.351 e. The Morgan fingerprint density at radius 1 is 1.41 bits per heavy atom. The molecule has 1 aromatic carbocycles. The molecule has 1 aliphatic heterocycles. The molecule has 6 heteroatoms. The molecule has 1 saturated heterocycles. The fraction of sp³-hybridized carbons (Fsp3) is 0.312. The van der Waals surface area contributed by atoms with Gasteiger partial charge < -0.3 is 10.2 Å². The van der Waals surface area contributed by atoms with E-state index in [9.17, 15) is 9.59 Å². The Hall–Kier alpha value is -2.63. The predicted octanol–water partition coefficient (Wildman–Crippen LogP) is 1.18. The van der Waals surface area contributed by atoms with Gasteiger partial charge >= 0.3 is 0 Å². The van der Waals surface area contributed by atoms with Crippen LogP contribution in [0.25, 0.3) is 0 Å². The van der Waals surface area contributed by atoms with Crippen LogP contribution in [0.15, 0.2) is 36.4 Å². The van der Waals surface area contributed by atoms with E-state index in [2.05, 4.69) is 15.5 Å². The van der Waals surface area contributed by atoms with Gasteiger partial charge in [0.15, 0.2) is 0 Å². The second-order valence-corrected chi connectivity index (χ2v) is 5.53. The maximum absolute atomic E-state index is 12.1. The molecule has 2 aromatic rings. The highest BCUT2D eigenvalue weighted by Crippen LogP contribution is 2.21. The smallest absolute Gasteiger partial charge is 0.229 e. The highest BCUT2D eigenvalue weighted by atomic mass is 16.2. The van der Waals surface area contributed by atoms with E-state index in [1.807, 2.05) is 43.3 Å². The molecular weight excluding hydrogens is 280 g/mol. The molecule has 1 aliphatic rings. The molecule has 0 saturated carbocycles. The molecular formula is C16H18N4O2. The van der Waals surface area contributed by atoms with Crippen molar-refractivity contribution in [1.29, 1.82) is 0 Å². The van der Waals surface area contributed by atoms with Crippen LogP contribution in [-0.2, 0) is 16.0 Å². The van der Waals surface area contributed by atoms with Gasteiger partial charge in [-0.2, -0.15) is 5.10 Å². The summed E-state index contributed by atoms with van der Waals surface area (Å²) in [6, 6.07) is 11.2. The summed E-state index contributed by atoms with van der Waals surface area (Å²) in [6.45, 7) is 2.40. The molecule has 0 radical (unpaired) electrons. The summed E-state index contributed by atoms with van der Waals surface area (Å²) >= 11 is 0. The number of nitrogens with zero attached hydrogens (tertiary/aromatic N) is 2. The molecule has 2 heterocycles.